The first-order valence-electron chi connectivity index (χ1n) is 3.74. The Morgan fingerprint density at radius 3 is 3.30 bits per heavy atom. The van der Waals surface area contributed by atoms with Gasteiger partial charge in [0.1, 0.15) is 0 Å². The van der Waals surface area contributed by atoms with Gasteiger partial charge in [-0.05, 0) is 32.4 Å². The highest BCUT2D eigenvalue weighted by Gasteiger charge is 2.04. The van der Waals surface area contributed by atoms with Crippen LogP contribution in [0.1, 0.15) is 12.8 Å². The maximum Gasteiger partial charge on any atom is 0.0224 e. The average molecular weight is 138 g/mol. The lowest BCUT2D eigenvalue weighted by atomic mass is 10.0. The second kappa shape index (κ2) is 4.23. The van der Waals surface area contributed by atoms with Gasteiger partial charge in [0.25, 0.3) is 0 Å². The molecule has 1 N–H and O–H groups in total. The van der Waals surface area contributed by atoms with Crippen LogP contribution in [0.25, 0.3) is 0 Å². The molecule has 0 radical (unpaired) electrons. The Labute approximate surface area is 62.0 Å². The van der Waals surface area contributed by atoms with E-state index < -0.39 is 0 Å². The summed E-state index contributed by atoms with van der Waals surface area (Å²) in [7, 11) is 1.99. The number of hydrogen-bond acceptors (Lipinski definition) is 2. The zero-order valence-corrected chi connectivity index (χ0v) is 6.38. The second-order valence-electron chi connectivity index (χ2n) is 2.61. The van der Waals surface area contributed by atoms with E-state index in [0.29, 0.717) is 0 Å². The van der Waals surface area contributed by atoms with Crippen LogP contribution >= 0.6 is 0 Å². The van der Waals surface area contributed by atoms with E-state index in [4.69, 9.17) is 0 Å². The number of rotatable bonds is 2. The molecule has 1 atom stereocenters. The molecule has 0 spiro atoms. The van der Waals surface area contributed by atoms with Gasteiger partial charge >= 0.3 is 0 Å². The summed E-state index contributed by atoms with van der Waals surface area (Å²) in [5.41, 5.74) is 0. The number of aliphatic imine (C=N–C) groups is 1. The fraction of sp³-hybridized carbons (Fsp3) is 0.625. The minimum atomic E-state index is 0.743. The summed E-state index contributed by atoms with van der Waals surface area (Å²) in [6, 6.07) is 0. The summed E-state index contributed by atoms with van der Waals surface area (Å²) in [5.74, 6) is 0.743. The largest absolute Gasteiger partial charge is 0.319 e. The Morgan fingerprint density at radius 2 is 2.50 bits per heavy atom. The molecule has 10 heavy (non-hydrogen) atoms. The zero-order chi connectivity index (χ0) is 7.23. The van der Waals surface area contributed by atoms with Gasteiger partial charge < -0.3 is 5.32 Å². The number of nitrogens with zero attached hydrogens (tertiary/aromatic N) is 1. The molecule has 0 aromatic heterocycles. The van der Waals surface area contributed by atoms with Crippen molar-refractivity contribution in [3.63, 3.8) is 0 Å². The summed E-state index contributed by atoms with van der Waals surface area (Å²) in [6.45, 7) is 1.09. The summed E-state index contributed by atoms with van der Waals surface area (Å²) < 4.78 is 0. The third kappa shape index (κ3) is 2.31. The normalized spacial score (nSPS) is 24.7. The topological polar surface area (TPSA) is 24.4 Å². The van der Waals surface area contributed by atoms with Crippen LogP contribution in [-0.2, 0) is 0 Å². The minimum absolute atomic E-state index is 0.743. The Bertz CT molecular complexity index is 124. The van der Waals surface area contributed by atoms with Crippen molar-refractivity contribution >= 4 is 6.21 Å². The lowest BCUT2D eigenvalue weighted by molar-refractivity contribution is 0.527. The third-order valence-corrected chi connectivity index (χ3v) is 1.70. The molecule has 56 valence electrons. The van der Waals surface area contributed by atoms with Gasteiger partial charge in [-0.2, -0.15) is 0 Å². The molecule has 0 saturated heterocycles. The monoisotopic (exact) mass is 138 g/mol. The van der Waals surface area contributed by atoms with E-state index in [0.717, 1.165) is 25.3 Å². The zero-order valence-electron chi connectivity index (χ0n) is 6.38. The van der Waals surface area contributed by atoms with Crippen LogP contribution in [0.3, 0.4) is 0 Å². The number of hydrogen-bond donors (Lipinski definition) is 1. The van der Waals surface area contributed by atoms with Crippen LogP contribution in [0.4, 0.5) is 0 Å². The number of nitrogens with one attached hydrogen (secondary N) is 1. The first-order valence-corrected chi connectivity index (χ1v) is 3.74. The third-order valence-electron chi connectivity index (χ3n) is 1.70. The van der Waals surface area contributed by atoms with Crippen LogP contribution in [0.2, 0.25) is 0 Å². The minimum Gasteiger partial charge on any atom is -0.319 e. The average Bonchev–Trinajstić information content (AvgIpc) is 2.17. The predicted octanol–water partition coefficient (Wildman–Crippen LogP) is 1.20. The SMILES string of the molecule is CNC[C@@H]1CC=CN=CC1. The van der Waals surface area contributed by atoms with Gasteiger partial charge in [0.15, 0.2) is 0 Å². The lowest BCUT2D eigenvalue weighted by Crippen LogP contribution is -2.18. The van der Waals surface area contributed by atoms with Crippen molar-refractivity contribution in [2.24, 2.45) is 10.9 Å². The molecule has 2 nitrogen and oxygen atoms in total. The van der Waals surface area contributed by atoms with Crippen molar-refractivity contribution in [3.05, 3.63) is 12.3 Å². The Balaban J connectivity index is 2.32. The molecule has 0 amide bonds. The van der Waals surface area contributed by atoms with Crippen molar-refractivity contribution in [3.8, 4) is 0 Å². The molecule has 2 heteroatoms. The van der Waals surface area contributed by atoms with Crippen LogP contribution < -0.4 is 5.32 Å². The van der Waals surface area contributed by atoms with Gasteiger partial charge in [0.05, 0.1) is 0 Å². The van der Waals surface area contributed by atoms with E-state index in [9.17, 15) is 0 Å². The fourth-order valence-corrected chi connectivity index (χ4v) is 1.14. The van der Waals surface area contributed by atoms with E-state index in [2.05, 4.69) is 16.4 Å². The van der Waals surface area contributed by atoms with Gasteiger partial charge in [-0.1, -0.05) is 6.08 Å². The summed E-state index contributed by atoms with van der Waals surface area (Å²) >= 11 is 0. The van der Waals surface area contributed by atoms with Crippen molar-refractivity contribution in [1.82, 2.24) is 5.32 Å². The molecule has 1 rings (SSSR count). The van der Waals surface area contributed by atoms with E-state index in [1.54, 1.807) is 0 Å². The summed E-state index contributed by atoms with van der Waals surface area (Å²) in [4.78, 5) is 4.07. The van der Waals surface area contributed by atoms with Gasteiger partial charge in [-0.15, -0.1) is 0 Å². The van der Waals surface area contributed by atoms with E-state index in [1.165, 1.54) is 0 Å². The first-order chi connectivity index (χ1) is 4.93. The van der Waals surface area contributed by atoms with Gasteiger partial charge in [-0.25, -0.2) is 0 Å². The maximum atomic E-state index is 4.07. The van der Waals surface area contributed by atoms with E-state index >= 15 is 0 Å². The van der Waals surface area contributed by atoms with Crippen LogP contribution in [0.15, 0.2) is 17.3 Å². The quantitative estimate of drug-likeness (QED) is 0.609. The molecule has 0 saturated carbocycles. The van der Waals surface area contributed by atoms with Crippen molar-refractivity contribution in [1.29, 1.82) is 0 Å². The fourth-order valence-electron chi connectivity index (χ4n) is 1.14. The van der Waals surface area contributed by atoms with Crippen LogP contribution in [-0.4, -0.2) is 19.8 Å². The molecule has 1 aliphatic rings. The van der Waals surface area contributed by atoms with Crippen molar-refractivity contribution in [2.45, 2.75) is 12.8 Å². The standard InChI is InChI=1S/C8H14N2/c1-9-7-8-3-2-5-10-6-4-8/h2,5-6,8-9H,3-4,7H2,1H3/t8-/m1/s1. The molecule has 0 aliphatic carbocycles. The highest BCUT2D eigenvalue weighted by atomic mass is 14.8. The predicted molar refractivity (Wildman–Crippen MR) is 44.3 cm³/mol. The molecule has 1 aliphatic heterocycles. The Kier molecular flexibility index (Phi) is 3.16. The summed E-state index contributed by atoms with van der Waals surface area (Å²) in [6.07, 6.45) is 8.27. The summed E-state index contributed by atoms with van der Waals surface area (Å²) in [5, 5.41) is 3.17. The molecule has 0 aromatic rings. The molecule has 1 heterocycles. The maximum absolute atomic E-state index is 4.07. The molecule has 0 unspecified atom stereocenters. The highest BCUT2D eigenvalue weighted by molar-refractivity contribution is 5.58. The van der Waals surface area contributed by atoms with Gasteiger partial charge in [-0.3, -0.25) is 4.99 Å². The van der Waals surface area contributed by atoms with Crippen molar-refractivity contribution < 1.29 is 0 Å². The Morgan fingerprint density at radius 1 is 1.60 bits per heavy atom. The Hall–Kier alpha value is -0.630. The lowest BCUT2D eigenvalue weighted by Gasteiger charge is -2.09. The molecule has 0 aromatic carbocycles. The molecule has 0 fully saturated rings. The van der Waals surface area contributed by atoms with Crippen LogP contribution in [0.5, 0.6) is 0 Å². The molecular weight excluding hydrogens is 124 g/mol. The molecule has 0 bridgehead atoms. The van der Waals surface area contributed by atoms with E-state index in [-0.39, 0.29) is 0 Å². The highest BCUT2D eigenvalue weighted by Crippen LogP contribution is 2.09. The van der Waals surface area contributed by atoms with Crippen molar-refractivity contribution in [2.75, 3.05) is 13.6 Å². The van der Waals surface area contributed by atoms with Crippen LogP contribution in [0, 0.1) is 5.92 Å². The van der Waals surface area contributed by atoms with Gasteiger partial charge in [0, 0.05) is 12.4 Å². The second-order valence-corrected chi connectivity index (χ2v) is 2.61. The number of allylic oxidation sites excluding steroid dienone is 1. The van der Waals surface area contributed by atoms with E-state index in [1.807, 2.05) is 19.5 Å². The van der Waals surface area contributed by atoms with Gasteiger partial charge in [0.2, 0.25) is 0 Å². The smallest absolute Gasteiger partial charge is 0.0224 e. The molecular formula is C8H14N2. The first kappa shape index (κ1) is 7.48.